The largest absolute Gasteiger partial charge is 0.466 e. The number of esters is 1. The fourth-order valence-corrected chi connectivity index (χ4v) is 2.95. The molecular weight excluding hydrogens is 278 g/mol. The molecule has 1 fully saturated rings. The van der Waals surface area contributed by atoms with Gasteiger partial charge in [-0.3, -0.25) is 9.59 Å². The van der Waals surface area contributed by atoms with E-state index in [2.05, 4.69) is 19.1 Å². The van der Waals surface area contributed by atoms with Gasteiger partial charge in [0.25, 0.3) is 0 Å². The molecule has 120 valence electrons. The van der Waals surface area contributed by atoms with E-state index in [9.17, 15) is 9.59 Å². The van der Waals surface area contributed by atoms with E-state index in [4.69, 9.17) is 4.74 Å². The highest BCUT2D eigenvalue weighted by Gasteiger charge is 2.29. The number of nitrogens with zero attached hydrogens (tertiary/aromatic N) is 1. The maximum absolute atomic E-state index is 12.5. The van der Waals surface area contributed by atoms with Crippen molar-refractivity contribution in [3.63, 3.8) is 0 Å². The molecule has 2 atom stereocenters. The second-order valence-corrected chi connectivity index (χ2v) is 5.95. The molecule has 0 aliphatic carbocycles. The van der Waals surface area contributed by atoms with Gasteiger partial charge in [-0.1, -0.05) is 37.3 Å². The number of hydrogen-bond acceptors (Lipinski definition) is 3. The number of rotatable bonds is 5. The summed E-state index contributed by atoms with van der Waals surface area (Å²) in [5.74, 6) is -0.0113. The van der Waals surface area contributed by atoms with Crippen molar-refractivity contribution < 1.29 is 14.3 Å². The zero-order valence-electron chi connectivity index (χ0n) is 13.5. The minimum absolute atomic E-state index is 0.130. The van der Waals surface area contributed by atoms with Crippen LogP contribution in [0.5, 0.6) is 0 Å². The Hall–Kier alpha value is -1.84. The van der Waals surface area contributed by atoms with Crippen LogP contribution in [0, 0.1) is 5.92 Å². The maximum atomic E-state index is 12.5. The third-order valence-electron chi connectivity index (χ3n) is 4.24. The number of ether oxygens (including phenoxy) is 1. The molecule has 1 aliphatic heterocycles. The maximum Gasteiger partial charge on any atom is 0.310 e. The first-order valence-electron chi connectivity index (χ1n) is 8.11. The lowest BCUT2D eigenvalue weighted by atomic mass is 9.94. The Bertz CT molecular complexity index is 500. The van der Waals surface area contributed by atoms with E-state index in [1.165, 1.54) is 5.56 Å². The zero-order chi connectivity index (χ0) is 15.9. The first-order chi connectivity index (χ1) is 10.6. The summed E-state index contributed by atoms with van der Waals surface area (Å²) >= 11 is 0. The SMILES string of the molecule is CCOC(=O)[C@H]1CCCN(C(=O)C[C@@H](C)c2ccccc2)C1. The molecule has 22 heavy (non-hydrogen) atoms. The van der Waals surface area contributed by atoms with Crippen LogP contribution in [0.25, 0.3) is 0 Å². The number of carbonyl (C=O) groups excluding carboxylic acids is 2. The zero-order valence-corrected chi connectivity index (χ0v) is 13.5. The lowest BCUT2D eigenvalue weighted by Gasteiger charge is -2.32. The van der Waals surface area contributed by atoms with Gasteiger partial charge in [-0.25, -0.2) is 0 Å². The van der Waals surface area contributed by atoms with Crippen molar-refractivity contribution in [2.45, 2.75) is 39.0 Å². The fourth-order valence-electron chi connectivity index (χ4n) is 2.95. The molecule has 1 aromatic carbocycles. The standard InChI is InChI=1S/C18H25NO3/c1-3-22-18(21)16-10-7-11-19(13-16)17(20)12-14(2)15-8-5-4-6-9-15/h4-6,8-9,14,16H,3,7,10-13H2,1-2H3/t14-,16+/m1/s1. The van der Waals surface area contributed by atoms with E-state index >= 15 is 0 Å². The molecule has 0 radical (unpaired) electrons. The van der Waals surface area contributed by atoms with Gasteiger partial charge >= 0.3 is 5.97 Å². The van der Waals surface area contributed by atoms with E-state index in [1.54, 1.807) is 0 Å². The third kappa shape index (κ3) is 4.33. The van der Waals surface area contributed by atoms with Crippen LogP contribution in [0.3, 0.4) is 0 Å². The number of likely N-dealkylation sites (tertiary alicyclic amines) is 1. The van der Waals surface area contributed by atoms with Crippen LogP contribution in [-0.4, -0.2) is 36.5 Å². The Balaban J connectivity index is 1.90. The Morgan fingerprint density at radius 2 is 2.05 bits per heavy atom. The van der Waals surface area contributed by atoms with Gasteiger partial charge in [-0.15, -0.1) is 0 Å². The minimum atomic E-state index is -0.170. The van der Waals surface area contributed by atoms with E-state index in [-0.39, 0.29) is 23.7 Å². The van der Waals surface area contributed by atoms with Crippen LogP contribution in [-0.2, 0) is 14.3 Å². The van der Waals surface area contributed by atoms with Crippen LogP contribution in [0.15, 0.2) is 30.3 Å². The number of hydrogen-bond donors (Lipinski definition) is 0. The summed E-state index contributed by atoms with van der Waals surface area (Å²) in [6, 6.07) is 10.1. The normalized spacial score (nSPS) is 19.5. The van der Waals surface area contributed by atoms with Gasteiger partial charge in [-0.05, 0) is 31.2 Å². The van der Waals surface area contributed by atoms with E-state index in [1.807, 2.05) is 30.0 Å². The first kappa shape index (κ1) is 16.5. The summed E-state index contributed by atoms with van der Waals surface area (Å²) in [7, 11) is 0. The molecule has 2 rings (SSSR count). The predicted octanol–water partition coefficient (Wildman–Crippen LogP) is 2.98. The second-order valence-electron chi connectivity index (χ2n) is 5.95. The molecule has 1 aliphatic rings. The number of amides is 1. The molecule has 0 aromatic heterocycles. The van der Waals surface area contributed by atoms with Gasteiger partial charge in [-0.2, -0.15) is 0 Å². The number of piperidine rings is 1. The van der Waals surface area contributed by atoms with Crippen molar-refractivity contribution >= 4 is 11.9 Å². The Labute approximate surface area is 132 Å². The number of benzene rings is 1. The molecule has 0 N–H and O–H groups in total. The summed E-state index contributed by atoms with van der Waals surface area (Å²) in [4.78, 5) is 26.2. The van der Waals surface area contributed by atoms with Gasteiger partial charge in [0.1, 0.15) is 0 Å². The van der Waals surface area contributed by atoms with Crippen LogP contribution >= 0.6 is 0 Å². The van der Waals surface area contributed by atoms with Gasteiger partial charge in [0.2, 0.25) is 5.91 Å². The minimum Gasteiger partial charge on any atom is -0.466 e. The first-order valence-corrected chi connectivity index (χ1v) is 8.11. The Morgan fingerprint density at radius 1 is 1.32 bits per heavy atom. The number of carbonyl (C=O) groups is 2. The van der Waals surface area contributed by atoms with Crippen molar-refractivity contribution in [2.24, 2.45) is 5.92 Å². The van der Waals surface area contributed by atoms with Gasteiger partial charge in [0.15, 0.2) is 0 Å². The molecule has 0 spiro atoms. The highest BCUT2D eigenvalue weighted by Crippen LogP contribution is 2.23. The monoisotopic (exact) mass is 303 g/mol. The Kier molecular flexibility index (Phi) is 5.99. The molecular formula is C18H25NO3. The molecule has 0 saturated carbocycles. The van der Waals surface area contributed by atoms with Crippen LogP contribution in [0.4, 0.5) is 0 Å². The van der Waals surface area contributed by atoms with Gasteiger partial charge in [0, 0.05) is 19.5 Å². The highest BCUT2D eigenvalue weighted by molar-refractivity contribution is 5.79. The van der Waals surface area contributed by atoms with E-state index < -0.39 is 0 Å². The van der Waals surface area contributed by atoms with Gasteiger partial charge in [0.05, 0.1) is 12.5 Å². The topological polar surface area (TPSA) is 46.6 Å². The lowest BCUT2D eigenvalue weighted by molar-refractivity contribution is -0.151. The molecule has 1 aromatic rings. The smallest absolute Gasteiger partial charge is 0.310 e. The van der Waals surface area contributed by atoms with E-state index in [0.29, 0.717) is 19.6 Å². The van der Waals surface area contributed by atoms with Crippen molar-refractivity contribution in [3.8, 4) is 0 Å². The average Bonchev–Trinajstić information content (AvgIpc) is 2.56. The highest BCUT2D eigenvalue weighted by atomic mass is 16.5. The lowest BCUT2D eigenvalue weighted by Crippen LogP contribution is -2.43. The second kappa shape index (κ2) is 7.97. The van der Waals surface area contributed by atoms with Gasteiger partial charge < -0.3 is 9.64 Å². The molecule has 0 bridgehead atoms. The van der Waals surface area contributed by atoms with Crippen molar-refractivity contribution in [2.75, 3.05) is 19.7 Å². The molecule has 1 amide bonds. The Morgan fingerprint density at radius 3 is 2.73 bits per heavy atom. The van der Waals surface area contributed by atoms with Crippen molar-refractivity contribution in [1.29, 1.82) is 0 Å². The molecule has 1 heterocycles. The summed E-state index contributed by atoms with van der Waals surface area (Å²) in [6.45, 7) is 5.52. The van der Waals surface area contributed by atoms with Crippen molar-refractivity contribution in [1.82, 2.24) is 4.90 Å². The van der Waals surface area contributed by atoms with Crippen molar-refractivity contribution in [3.05, 3.63) is 35.9 Å². The molecule has 1 saturated heterocycles. The van der Waals surface area contributed by atoms with Crippen LogP contribution in [0.2, 0.25) is 0 Å². The summed E-state index contributed by atoms with van der Waals surface area (Å²) < 4.78 is 5.08. The fraction of sp³-hybridized carbons (Fsp3) is 0.556. The summed E-state index contributed by atoms with van der Waals surface area (Å²) in [5, 5.41) is 0. The van der Waals surface area contributed by atoms with Crippen LogP contribution in [0.1, 0.15) is 44.6 Å². The quantitative estimate of drug-likeness (QED) is 0.786. The molecule has 0 unspecified atom stereocenters. The molecule has 4 nitrogen and oxygen atoms in total. The van der Waals surface area contributed by atoms with Crippen LogP contribution < -0.4 is 0 Å². The van der Waals surface area contributed by atoms with E-state index in [0.717, 1.165) is 19.4 Å². The molecule has 4 heteroatoms. The predicted molar refractivity (Wildman–Crippen MR) is 85.4 cm³/mol. The summed E-state index contributed by atoms with van der Waals surface area (Å²) in [6.07, 6.45) is 2.17. The third-order valence-corrected chi connectivity index (χ3v) is 4.24. The summed E-state index contributed by atoms with van der Waals surface area (Å²) in [5.41, 5.74) is 1.18. The average molecular weight is 303 g/mol.